The molecule has 5 heteroatoms. The van der Waals surface area contributed by atoms with Gasteiger partial charge in [-0.15, -0.1) is 0 Å². The Bertz CT molecular complexity index is 713. The van der Waals surface area contributed by atoms with Gasteiger partial charge in [-0.05, 0) is 80.0 Å². The van der Waals surface area contributed by atoms with Crippen molar-refractivity contribution in [3.63, 3.8) is 0 Å². The molecule has 1 aromatic carbocycles. The Balaban J connectivity index is 1.86. The zero-order valence-corrected chi connectivity index (χ0v) is 16.2. The van der Waals surface area contributed by atoms with Crippen LogP contribution in [0.4, 0.5) is 0 Å². The zero-order valence-electron chi connectivity index (χ0n) is 16.2. The average molecular weight is 374 g/mol. The molecule has 0 amide bonds. The molecule has 1 fully saturated rings. The van der Waals surface area contributed by atoms with E-state index in [2.05, 4.69) is 19.1 Å². The first kappa shape index (κ1) is 19.7. The van der Waals surface area contributed by atoms with E-state index in [1.54, 1.807) is 6.92 Å². The van der Waals surface area contributed by atoms with Crippen molar-refractivity contribution in [1.29, 1.82) is 0 Å². The van der Waals surface area contributed by atoms with Crippen LogP contribution in [-0.4, -0.2) is 28.8 Å². The lowest BCUT2D eigenvalue weighted by Gasteiger charge is -2.49. The van der Waals surface area contributed by atoms with E-state index in [-0.39, 0.29) is 24.2 Å². The maximum Gasteiger partial charge on any atom is 0.309 e. The lowest BCUT2D eigenvalue weighted by Crippen LogP contribution is -2.47. The Labute approximate surface area is 160 Å². The number of aryl methyl sites for hydroxylation is 1. The lowest BCUT2D eigenvalue weighted by atomic mass is 9.54. The predicted octanol–water partition coefficient (Wildman–Crippen LogP) is 4.49. The van der Waals surface area contributed by atoms with Gasteiger partial charge in [0, 0.05) is 6.42 Å². The van der Waals surface area contributed by atoms with E-state index >= 15 is 0 Å². The van der Waals surface area contributed by atoms with E-state index in [4.69, 9.17) is 4.74 Å². The SMILES string of the molecule is CCCCOc1ccc2c(c1)CCC1C2CC[C@](C)(C(=O)O)[C@H]1CC(=O)O. The highest BCUT2D eigenvalue weighted by atomic mass is 16.5. The minimum absolute atomic E-state index is 0.0719. The first-order chi connectivity index (χ1) is 12.9. The van der Waals surface area contributed by atoms with Crippen molar-refractivity contribution in [2.45, 2.75) is 64.7 Å². The topological polar surface area (TPSA) is 83.8 Å². The van der Waals surface area contributed by atoms with Crippen molar-refractivity contribution in [2.75, 3.05) is 6.61 Å². The second-order valence-corrected chi connectivity index (χ2v) is 8.34. The van der Waals surface area contributed by atoms with Crippen LogP contribution < -0.4 is 4.74 Å². The van der Waals surface area contributed by atoms with Crippen LogP contribution >= 0.6 is 0 Å². The molecule has 5 nitrogen and oxygen atoms in total. The van der Waals surface area contributed by atoms with Gasteiger partial charge in [0.2, 0.25) is 0 Å². The van der Waals surface area contributed by atoms with Crippen LogP contribution in [0, 0.1) is 17.3 Å². The molecule has 0 heterocycles. The Kier molecular flexibility index (Phi) is 5.78. The molecule has 2 unspecified atom stereocenters. The summed E-state index contributed by atoms with van der Waals surface area (Å²) in [5.74, 6) is -0.851. The van der Waals surface area contributed by atoms with E-state index in [9.17, 15) is 19.8 Å². The number of hydrogen-bond donors (Lipinski definition) is 2. The van der Waals surface area contributed by atoms with Crippen LogP contribution in [0.25, 0.3) is 0 Å². The minimum Gasteiger partial charge on any atom is -0.494 e. The van der Waals surface area contributed by atoms with Crippen molar-refractivity contribution in [2.24, 2.45) is 17.3 Å². The van der Waals surface area contributed by atoms with Crippen molar-refractivity contribution in [3.8, 4) is 5.75 Å². The summed E-state index contributed by atoms with van der Waals surface area (Å²) in [6.45, 7) is 4.59. The summed E-state index contributed by atoms with van der Waals surface area (Å²) in [6, 6.07) is 6.25. The van der Waals surface area contributed by atoms with Crippen LogP contribution in [0.5, 0.6) is 5.75 Å². The number of carboxylic acids is 2. The van der Waals surface area contributed by atoms with Crippen molar-refractivity contribution in [1.82, 2.24) is 0 Å². The number of aliphatic carboxylic acids is 2. The van der Waals surface area contributed by atoms with Gasteiger partial charge in [-0.3, -0.25) is 9.59 Å². The standard InChI is InChI=1S/C22H30O5/c1-3-4-11-27-15-6-8-16-14(12-15)5-7-18-17(16)9-10-22(2,21(25)26)19(18)13-20(23)24/h6,8,12,17-19H,3-5,7,9-11,13H2,1-2H3,(H,23,24)(H,25,26)/t17?,18?,19-,22-/m0/s1. The highest BCUT2D eigenvalue weighted by molar-refractivity contribution is 5.77. The van der Waals surface area contributed by atoms with Gasteiger partial charge in [0.15, 0.2) is 0 Å². The molecule has 148 valence electrons. The number of benzene rings is 1. The molecular formula is C22H30O5. The molecule has 2 aliphatic rings. The second-order valence-electron chi connectivity index (χ2n) is 8.34. The third-order valence-electron chi connectivity index (χ3n) is 6.74. The first-order valence-corrected chi connectivity index (χ1v) is 10.1. The maximum atomic E-state index is 11.9. The van der Waals surface area contributed by atoms with E-state index in [0.29, 0.717) is 6.42 Å². The number of carboxylic acid groups (broad SMARTS) is 2. The number of hydrogen-bond acceptors (Lipinski definition) is 3. The third kappa shape index (κ3) is 3.83. The van der Waals surface area contributed by atoms with Crippen molar-refractivity contribution in [3.05, 3.63) is 29.3 Å². The molecule has 3 rings (SSSR count). The smallest absolute Gasteiger partial charge is 0.309 e. The molecule has 0 spiro atoms. The summed E-state index contributed by atoms with van der Waals surface area (Å²) in [5, 5.41) is 19.2. The molecule has 0 saturated heterocycles. The van der Waals surface area contributed by atoms with Crippen LogP contribution in [0.15, 0.2) is 18.2 Å². The molecule has 1 saturated carbocycles. The van der Waals surface area contributed by atoms with Crippen LogP contribution in [-0.2, 0) is 16.0 Å². The summed E-state index contributed by atoms with van der Waals surface area (Å²) < 4.78 is 5.83. The maximum absolute atomic E-state index is 11.9. The summed E-state index contributed by atoms with van der Waals surface area (Å²) >= 11 is 0. The summed E-state index contributed by atoms with van der Waals surface area (Å²) in [4.78, 5) is 23.4. The van der Waals surface area contributed by atoms with E-state index in [1.165, 1.54) is 11.1 Å². The molecule has 0 aliphatic heterocycles. The third-order valence-corrected chi connectivity index (χ3v) is 6.74. The molecular weight excluding hydrogens is 344 g/mol. The molecule has 2 aliphatic carbocycles. The Morgan fingerprint density at radius 2 is 2.04 bits per heavy atom. The minimum atomic E-state index is -0.958. The lowest BCUT2D eigenvalue weighted by molar-refractivity contribution is -0.159. The Morgan fingerprint density at radius 3 is 2.70 bits per heavy atom. The van der Waals surface area contributed by atoms with Crippen LogP contribution in [0.2, 0.25) is 0 Å². The number of ether oxygens (including phenoxy) is 1. The number of carbonyl (C=O) groups is 2. The summed E-state index contributed by atoms with van der Waals surface area (Å²) in [5.41, 5.74) is 1.58. The molecule has 0 bridgehead atoms. The van der Waals surface area contributed by atoms with Gasteiger partial charge in [0.05, 0.1) is 12.0 Å². The van der Waals surface area contributed by atoms with Crippen molar-refractivity contribution >= 4 is 11.9 Å². The van der Waals surface area contributed by atoms with Gasteiger partial charge in [0.1, 0.15) is 5.75 Å². The van der Waals surface area contributed by atoms with Crippen LogP contribution in [0.1, 0.15) is 69.4 Å². The molecule has 2 N–H and O–H groups in total. The van der Waals surface area contributed by atoms with Crippen LogP contribution in [0.3, 0.4) is 0 Å². The monoisotopic (exact) mass is 374 g/mol. The number of unbranched alkanes of at least 4 members (excludes halogenated alkanes) is 1. The number of rotatable bonds is 7. The molecule has 0 radical (unpaired) electrons. The predicted molar refractivity (Wildman–Crippen MR) is 102 cm³/mol. The van der Waals surface area contributed by atoms with Gasteiger partial charge < -0.3 is 14.9 Å². The van der Waals surface area contributed by atoms with Gasteiger partial charge >= 0.3 is 11.9 Å². The van der Waals surface area contributed by atoms with E-state index in [0.717, 1.165) is 44.5 Å². The Morgan fingerprint density at radius 1 is 1.26 bits per heavy atom. The molecule has 1 aromatic rings. The molecule has 4 atom stereocenters. The number of fused-ring (bicyclic) bond motifs is 3. The fourth-order valence-electron chi connectivity index (χ4n) is 5.13. The zero-order chi connectivity index (χ0) is 19.6. The highest BCUT2D eigenvalue weighted by Gasteiger charge is 2.52. The summed E-state index contributed by atoms with van der Waals surface area (Å²) in [6.07, 6.45) is 5.08. The Hall–Kier alpha value is -2.04. The second kappa shape index (κ2) is 7.91. The van der Waals surface area contributed by atoms with E-state index < -0.39 is 17.4 Å². The van der Waals surface area contributed by atoms with Gasteiger partial charge in [-0.1, -0.05) is 19.4 Å². The van der Waals surface area contributed by atoms with Gasteiger partial charge in [-0.25, -0.2) is 0 Å². The van der Waals surface area contributed by atoms with E-state index in [1.807, 2.05) is 6.07 Å². The summed E-state index contributed by atoms with van der Waals surface area (Å²) in [7, 11) is 0. The highest BCUT2D eigenvalue weighted by Crippen LogP contribution is 2.56. The van der Waals surface area contributed by atoms with Crippen molar-refractivity contribution < 1.29 is 24.5 Å². The van der Waals surface area contributed by atoms with Gasteiger partial charge in [0.25, 0.3) is 0 Å². The fraction of sp³-hybridized carbons (Fsp3) is 0.636. The average Bonchev–Trinajstić information content (AvgIpc) is 2.63. The largest absolute Gasteiger partial charge is 0.494 e. The van der Waals surface area contributed by atoms with Gasteiger partial charge in [-0.2, -0.15) is 0 Å². The fourth-order valence-corrected chi connectivity index (χ4v) is 5.13. The normalized spacial score (nSPS) is 29.5. The first-order valence-electron chi connectivity index (χ1n) is 10.1. The quantitative estimate of drug-likeness (QED) is 0.687. The molecule has 0 aromatic heterocycles. The molecule has 27 heavy (non-hydrogen) atoms.